The summed E-state index contributed by atoms with van der Waals surface area (Å²) in [7, 11) is 0. The number of hydrogen-bond donors (Lipinski definition) is 0. The minimum atomic E-state index is -0.308. The second-order valence-electron chi connectivity index (χ2n) is 4.47. The molecule has 0 aromatic carbocycles. The molecule has 1 fully saturated rings. The Morgan fingerprint density at radius 1 is 1.00 bits per heavy atom. The lowest BCUT2D eigenvalue weighted by Gasteiger charge is -2.41. The maximum Gasteiger partial charge on any atom is 0.248 e. The van der Waals surface area contributed by atoms with Gasteiger partial charge in [0.15, 0.2) is 0 Å². The summed E-state index contributed by atoms with van der Waals surface area (Å²) in [5.41, 5.74) is 0. The first kappa shape index (κ1) is 17.3. The summed E-state index contributed by atoms with van der Waals surface area (Å²) in [4.78, 5) is 40.0. The minimum absolute atomic E-state index is 0.0700. The van der Waals surface area contributed by atoms with E-state index in [1.807, 2.05) is 6.92 Å². The van der Waals surface area contributed by atoms with Gasteiger partial charge < -0.3 is 14.7 Å². The lowest BCUT2D eigenvalue weighted by Crippen LogP contribution is -2.59. The van der Waals surface area contributed by atoms with Gasteiger partial charge in [-0.15, -0.1) is 0 Å². The van der Waals surface area contributed by atoms with E-state index in [9.17, 15) is 14.4 Å². The highest BCUT2D eigenvalue weighted by atomic mass is 32.2. The van der Waals surface area contributed by atoms with Gasteiger partial charge in [-0.1, -0.05) is 20.1 Å². The summed E-state index contributed by atoms with van der Waals surface area (Å²) in [6.45, 7) is 9.41. The molecule has 3 amide bonds. The Bertz CT molecular complexity index is 411. The highest BCUT2D eigenvalue weighted by Gasteiger charge is 2.29. The summed E-state index contributed by atoms with van der Waals surface area (Å²) >= 11 is 1.68. The van der Waals surface area contributed by atoms with Crippen LogP contribution in [0, 0.1) is 0 Å². The van der Waals surface area contributed by atoms with E-state index in [0.717, 1.165) is 11.5 Å². The van der Waals surface area contributed by atoms with Crippen molar-refractivity contribution in [1.29, 1.82) is 0 Å². The van der Waals surface area contributed by atoms with Crippen LogP contribution in [0.2, 0.25) is 0 Å². The van der Waals surface area contributed by atoms with Crippen LogP contribution in [0.3, 0.4) is 0 Å². The molecule has 0 N–H and O–H groups in total. The Labute approximate surface area is 129 Å². The Kier molecular flexibility index (Phi) is 7.01. The van der Waals surface area contributed by atoms with E-state index >= 15 is 0 Å². The number of thioether (sulfide) groups is 1. The molecule has 0 radical (unpaired) electrons. The topological polar surface area (TPSA) is 60.9 Å². The molecule has 1 saturated heterocycles. The van der Waals surface area contributed by atoms with Crippen LogP contribution in [0.15, 0.2) is 25.3 Å². The number of hydrogen-bond acceptors (Lipinski definition) is 4. The summed E-state index contributed by atoms with van der Waals surface area (Å²) in [5, 5.41) is 0. The van der Waals surface area contributed by atoms with Crippen molar-refractivity contribution in [3.05, 3.63) is 25.3 Å². The summed E-state index contributed by atoms with van der Waals surface area (Å²) in [6.07, 6.45) is 2.75. The Morgan fingerprint density at radius 3 is 1.90 bits per heavy atom. The number of amides is 3. The maximum atomic E-state index is 12.2. The predicted molar refractivity (Wildman–Crippen MR) is 83.1 cm³/mol. The van der Waals surface area contributed by atoms with E-state index in [0.29, 0.717) is 6.42 Å². The Balaban J connectivity index is 2.75. The first-order valence-electron chi connectivity index (χ1n) is 6.71. The maximum absolute atomic E-state index is 12.2. The predicted octanol–water partition coefficient (Wildman–Crippen LogP) is 0.873. The van der Waals surface area contributed by atoms with Crippen LogP contribution in [-0.2, 0) is 14.4 Å². The summed E-state index contributed by atoms with van der Waals surface area (Å²) < 4.78 is 0. The molecule has 0 unspecified atom stereocenters. The van der Waals surface area contributed by atoms with Crippen LogP contribution in [-0.4, -0.2) is 63.9 Å². The number of nitrogens with zero attached hydrogens (tertiary/aromatic N) is 3. The lowest BCUT2D eigenvalue weighted by atomic mass is 10.3. The van der Waals surface area contributed by atoms with Crippen LogP contribution in [0.5, 0.6) is 0 Å². The average Bonchev–Trinajstić information content (AvgIpc) is 2.52. The van der Waals surface area contributed by atoms with Crippen LogP contribution < -0.4 is 0 Å². The molecule has 0 spiro atoms. The smallest absolute Gasteiger partial charge is 0.248 e. The van der Waals surface area contributed by atoms with Crippen molar-refractivity contribution in [2.24, 2.45) is 0 Å². The Hall–Kier alpha value is -1.76. The summed E-state index contributed by atoms with van der Waals surface area (Å²) in [5.74, 6) is 1.00. The molecule has 0 aromatic rings. The quantitative estimate of drug-likeness (QED) is 0.539. The van der Waals surface area contributed by atoms with Gasteiger partial charge in [-0.3, -0.25) is 14.4 Å². The van der Waals surface area contributed by atoms with E-state index in [1.54, 1.807) is 11.8 Å². The van der Waals surface area contributed by atoms with Gasteiger partial charge in [0.1, 0.15) is 0 Å². The molecule has 1 aliphatic rings. The van der Waals surface area contributed by atoms with Crippen molar-refractivity contribution < 1.29 is 14.4 Å². The second kappa shape index (κ2) is 8.51. The van der Waals surface area contributed by atoms with Gasteiger partial charge in [0.25, 0.3) is 0 Å². The highest BCUT2D eigenvalue weighted by Crippen LogP contribution is 2.12. The monoisotopic (exact) mass is 311 g/mol. The van der Waals surface area contributed by atoms with E-state index in [2.05, 4.69) is 13.2 Å². The normalized spacial score (nSPS) is 14.8. The zero-order valence-corrected chi connectivity index (χ0v) is 13.1. The van der Waals surface area contributed by atoms with Crippen LogP contribution in [0.25, 0.3) is 0 Å². The SMILES string of the molecule is C=CC(=O)N1CN(C(=O)C=C)CN(C(=O)CCSCC)C1. The fourth-order valence-corrected chi connectivity index (χ4v) is 2.52. The van der Waals surface area contributed by atoms with E-state index in [4.69, 9.17) is 0 Å². The fourth-order valence-electron chi connectivity index (χ4n) is 1.91. The molecule has 0 saturated carbocycles. The van der Waals surface area contributed by atoms with Crippen molar-refractivity contribution in [3.63, 3.8) is 0 Å². The third-order valence-corrected chi connectivity index (χ3v) is 3.91. The number of carbonyl (C=O) groups excluding carboxylic acids is 3. The van der Waals surface area contributed by atoms with Crippen molar-refractivity contribution in [3.8, 4) is 0 Å². The van der Waals surface area contributed by atoms with E-state index in [-0.39, 0.29) is 37.7 Å². The number of rotatable bonds is 6. The zero-order valence-electron chi connectivity index (χ0n) is 12.3. The lowest BCUT2D eigenvalue weighted by molar-refractivity contribution is -0.154. The van der Waals surface area contributed by atoms with Gasteiger partial charge >= 0.3 is 0 Å². The largest absolute Gasteiger partial charge is 0.307 e. The van der Waals surface area contributed by atoms with Gasteiger partial charge in [-0.05, 0) is 17.9 Å². The van der Waals surface area contributed by atoms with Crippen molar-refractivity contribution in [2.75, 3.05) is 31.5 Å². The Morgan fingerprint density at radius 2 is 1.48 bits per heavy atom. The van der Waals surface area contributed by atoms with Gasteiger partial charge in [0, 0.05) is 12.2 Å². The molecule has 1 aliphatic heterocycles. The standard InChI is InChI=1S/C14H21N3O3S/c1-4-12(18)15-9-16(13(19)5-2)11-17(10-15)14(20)7-8-21-6-3/h4-5H,1-2,6-11H2,3H3. The van der Waals surface area contributed by atoms with Crippen LogP contribution >= 0.6 is 11.8 Å². The van der Waals surface area contributed by atoms with Crippen molar-refractivity contribution >= 4 is 29.5 Å². The minimum Gasteiger partial charge on any atom is -0.307 e. The third kappa shape index (κ3) is 4.93. The van der Waals surface area contributed by atoms with Crippen molar-refractivity contribution in [1.82, 2.24) is 14.7 Å². The molecule has 116 valence electrons. The van der Waals surface area contributed by atoms with E-state index < -0.39 is 0 Å². The third-order valence-electron chi connectivity index (χ3n) is 3.01. The molecule has 0 atom stereocenters. The fraction of sp³-hybridized carbons (Fsp3) is 0.500. The van der Waals surface area contributed by atoms with Crippen LogP contribution in [0.1, 0.15) is 13.3 Å². The first-order valence-corrected chi connectivity index (χ1v) is 7.87. The van der Waals surface area contributed by atoms with Gasteiger partial charge in [0.05, 0.1) is 20.0 Å². The van der Waals surface area contributed by atoms with Crippen molar-refractivity contribution in [2.45, 2.75) is 13.3 Å². The first-order chi connectivity index (χ1) is 10.0. The number of carbonyl (C=O) groups is 3. The second-order valence-corrected chi connectivity index (χ2v) is 5.86. The summed E-state index contributed by atoms with van der Waals surface area (Å²) in [6, 6.07) is 0. The molecule has 6 nitrogen and oxygen atoms in total. The molecule has 21 heavy (non-hydrogen) atoms. The zero-order chi connectivity index (χ0) is 15.8. The molecule has 1 rings (SSSR count). The molecule has 0 aromatic heterocycles. The molecule has 7 heteroatoms. The van der Waals surface area contributed by atoms with E-state index in [1.165, 1.54) is 26.9 Å². The molecular weight excluding hydrogens is 290 g/mol. The average molecular weight is 311 g/mol. The van der Waals surface area contributed by atoms with Crippen LogP contribution in [0.4, 0.5) is 0 Å². The van der Waals surface area contributed by atoms with Gasteiger partial charge in [0.2, 0.25) is 17.7 Å². The molecule has 0 bridgehead atoms. The highest BCUT2D eigenvalue weighted by molar-refractivity contribution is 7.99. The van der Waals surface area contributed by atoms with Gasteiger partial charge in [-0.2, -0.15) is 11.8 Å². The molecular formula is C14H21N3O3S. The molecule has 1 heterocycles. The molecule has 0 aliphatic carbocycles. The van der Waals surface area contributed by atoms with Gasteiger partial charge in [-0.25, -0.2) is 0 Å².